The molecule has 1 unspecified atom stereocenters. The van der Waals surface area contributed by atoms with Crippen molar-refractivity contribution in [3.63, 3.8) is 0 Å². The Morgan fingerprint density at radius 2 is 2.26 bits per heavy atom. The van der Waals surface area contributed by atoms with Crippen LogP contribution in [0.3, 0.4) is 0 Å². The number of nitrogens with one attached hydrogen (secondary N) is 2. The maximum Gasteiger partial charge on any atom is 0.238 e. The number of hydrogen-bond acceptors (Lipinski definition) is 3. The van der Waals surface area contributed by atoms with Crippen LogP contribution in [-0.2, 0) is 4.79 Å². The second-order valence-corrected chi connectivity index (χ2v) is 5.39. The van der Waals surface area contributed by atoms with Crippen molar-refractivity contribution >= 4 is 11.6 Å². The maximum atomic E-state index is 12.2. The van der Waals surface area contributed by atoms with Crippen molar-refractivity contribution in [3.05, 3.63) is 11.4 Å². The van der Waals surface area contributed by atoms with Gasteiger partial charge < -0.3 is 5.32 Å². The molecule has 1 aliphatic rings. The normalized spacial score (nSPS) is 20.5. The molecule has 106 valence electrons. The van der Waals surface area contributed by atoms with Gasteiger partial charge in [-0.15, -0.1) is 0 Å². The Bertz CT molecular complexity index is 421. The largest absolute Gasteiger partial charge is 0.322 e. The number of aromatic amines is 1. The van der Waals surface area contributed by atoms with E-state index in [2.05, 4.69) is 27.3 Å². The molecule has 1 aromatic heterocycles. The zero-order chi connectivity index (χ0) is 13.8. The van der Waals surface area contributed by atoms with Crippen molar-refractivity contribution in [2.75, 3.05) is 18.4 Å². The number of aromatic nitrogens is 2. The highest BCUT2D eigenvalue weighted by Gasteiger charge is 2.23. The molecule has 1 aliphatic heterocycles. The van der Waals surface area contributed by atoms with Gasteiger partial charge in [-0.2, -0.15) is 5.10 Å². The highest BCUT2D eigenvalue weighted by molar-refractivity contribution is 5.93. The van der Waals surface area contributed by atoms with E-state index in [1.54, 1.807) is 0 Å². The van der Waals surface area contributed by atoms with Crippen LogP contribution in [0.5, 0.6) is 0 Å². The predicted molar refractivity (Wildman–Crippen MR) is 76.2 cm³/mol. The molecular formula is C14H24N4O. The standard InChI is InChI=1S/C14H24N4O/c1-4-12-7-5-6-8-18(12)9-13(19)15-14-10(2)16-17-11(14)3/h12H,4-9H2,1-3H3,(H,15,19)(H,16,17). The second-order valence-electron chi connectivity index (χ2n) is 5.39. The van der Waals surface area contributed by atoms with E-state index in [1.807, 2.05) is 13.8 Å². The van der Waals surface area contributed by atoms with Gasteiger partial charge in [-0.05, 0) is 39.7 Å². The summed E-state index contributed by atoms with van der Waals surface area (Å²) in [5.41, 5.74) is 2.59. The van der Waals surface area contributed by atoms with Gasteiger partial charge in [0.1, 0.15) is 0 Å². The third-order valence-corrected chi connectivity index (χ3v) is 3.96. The Morgan fingerprint density at radius 3 is 2.89 bits per heavy atom. The van der Waals surface area contributed by atoms with Gasteiger partial charge in [0.2, 0.25) is 5.91 Å². The van der Waals surface area contributed by atoms with Crippen molar-refractivity contribution in [1.29, 1.82) is 0 Å². The number of hydrogen-bond donors (Lipinski definition) is 2. The number of nitrogens with zero attached hydrogens (tertiary/aromatic N) is 2. The minimum atomic E-state index is 0.0629. The molecule has 0 spiro atoms. The lowest BCUT2D eigenvalue weighted by molar-refractivity contribution is -0.118. The minimum absolute atomic E-state index is 0.0629. The van der Waals surface area contributed by atoms with E-state index in [0.717, 1.165) is 30.0 Å². The molecule has 19 heavy (non-hydrogen) atoms. The molecule has 2 heterocycles. The van der Waals surface area contributed by atoms with Crippen molar-refractivity contribution < 1.29 is 4.79 Å². The van der Waals surface area contributed by atoms with Crippen LogP contribution in [-0.4, -0.2) is 40.1 Å². The summed E-state index contributed by atoms with van der Waals surface area (Å²) < 4.78 is 0. The fourth-order valence-electron chi connectivity index (χ4n) is 2.83. The van der Waals surface area contributed by atoms with E-state index in [-0.39, 0.29) is 5.91 Å². The SMILES string of the molecule is CCC1CCCCN1CC(=O)Nc1c(C)n[nH]c1C. The van der Waals surface area contributed by atoms with Gasteiger partial charge in [-0.3, -0.25) is 14.8 Å². The molecule has 0 aromatic carbocycles. The lowest BCUT2D eigenvalue weighted by atomic mass is 10.00. The van der Waals surface area contributed by atoms with Crippen LogP contribution in [0.4, 0.5) is 5.69 Å². The molecule has 2 rings (SSSR count). The molecule has 1 fully saturated rings. The van der Waals surface area contributed by atoms with E-state index in [1.165, 1.54) is 19.3 Å². The molecule has 5 heteroatoms. The van der Waals surface area contributed by atoms with Crippen LogP contribution < -0.4 is 5.32 Å². The van der Waals surface area contributed by atoms with E-state index in [4.69, 9.17) is 0 Å². The summed E-state index contributed by atoms with van der Waals surface area (Å²) in [5.74, 6) is 0.0629. The van der Waals surface area contributed by atoms with Gasteiger partial charge in [-0.1, -0.05) is 13.3 Å². The van der Waals surface area contributed by atoms with Gasteiger partial charge in [0, 0.05) is 6.04 Å². The van der Waals surface area contributed by atoms with E-state index in [0.29, 0.717) is 12.6 Å². The van der Waals surface area contributed by atoms with Gasteiger partial charge in [-0.25, -0.2) is 0 Å². The quantitative estimate of drug-likeness (QED) is 0.876. The van der Waals surface area contributed by atoms with Gasteiger partial charge in [0.05, 0.1) is 23.6 Å². The third kappa shape index (κ3) is 3.35. The summed E-state index contributed by atoms with van der Waals surface area (Å²) >= 11 is 0. The minimum Gasteiger partial charge on any atom is -0.322 e. The van der Waals surface area contributed by atoms with Crippen LogP contribution in [0.1, 0.15) is 44.0 Å². The first-order valence-electron chi connectivity index (χ1n) is 7.17. The van der Waals surface area contributed by atoms with E-state index < -0.39 is 0 Å². The van der Waals surface area contributed by atoms with Gasteiger partial charge >= 0.3 is 0 Å². The Hall–Kier alpha value is -1.36. The molecule has 0 bridgehead atoms. The monoisotopic (exact) mass is 264 g/mol. The van der Waals surface area contributed by atoms with Crippen LogP contribution >= 0.6 is 0 Å². The van der Waals surface area contributed by atoms with Crippen LogP contribution in [0, 0.1) is 13.8 Å². The molecule has 1 aromatic rings. The number of anilines is 1. The molecule has 2 N–H and O–H groups in total. The number of carbonyl (C=O) groups is 1. The van der Waals surface area contributed by atoms with Crippen LogP contribution in [0.25, 0.3) is 0 Å². The zero-order valence-corrected chi connectivity index (χ0v) is 12.1. The van der Waals surface area contributed by atoms with Crippen molar-refractivity contribution in [2.45, 2.75) is 52.5 Å². The Labute approximate surface area is 114 Å². The number of likely N-dealkylation sites (tertiary alicyclic amines) is 1. The molecular weight excluding hydrogens is 240 g/mol. The highest BCUT2D eigenvalue weighted by atomic mass is 16.2. The predicted octanol–water partition coefficient (Wildman–Crippen LogP) is 2.23. The number of H-pyrrole nitrogens is 1. The number of aryl methyl sites for hydroxylation is 2. The Balaban J connectivity index is 1.93. The average Bonchev–Trinajstić information content (AvgIpc) is 2.71. The topological polar surface area (TPSA) is 61.0 Å². The first-order chi connectivity index (χ1) is 9.11. The summed E-state index contributed by atoms with van der Waals surface area (Å²) in [7, 11) is 0. The van der Waals surface area contributed by atoms with Crippen molar-refractivity contribution in [2.24, 2.45) is 0 Å². The summed E-state index contributed by atoms with van der Waals surface area (Å²) in [5, 5.41) is 9.96. The first-order valence-corrected chi connectivity index (χ1v) is 7.17. The number of amides is 1. The molecule has 0 saturated carbocycles. The molecule has 1 atom stereocenters. The first kappa shape index (κ1) is 14.1. The lowest BCUT2D eigenvalue weighted by Crippen LogP contribution is -2.43. The number of rotatable bonds is 4. The van der Waals surface area contributed by atoms with E-state index >= 15 is 0 Å². The summed E-state index contributed by atoms with van der Waals surface area (Å²) in [6.07, 6.45) is 4.83. The number of piperidine rings is 1. The van der Waals surface area contributed by atoms with E-state index in [9.17, 15) is 4.79 Å². The highest BCUT2D eigenvalue weighted by Crippen LogP contribution is 2.20. The van der Waals surface area contributed by atoms with Gasteiger partial charge in [0.25, 0.3) is 0 Å². The molecule has 1 amide bonds. The average molecular weight is 264 g/mol. The molecule has 1 saturated heterocycles. The van der Waals surface area contributed by atoms with Crippen molar-refractivity contribution in [3.8, 4) is 0 Å². The maximum absolute atomic E-state index is 12.2. The summed E-state index contributed by atoms with van der Waals surface area (Å²) in [6, 6.07) is 0.561. The summed E-state index contributed by atoms with van der Waals surface area (Å²) in [6.45, 7) is 7.54. The fraction of sp³-hybridized carbons (Fsp3) is 0.714. The number of carbonyl (C=O) groups excluding carboxylic acids is 1. The lowest BCUT2D eigenvalue weighted by Gasteiger charge is -2.34. The van der Waals surface area contributed by atoms with Crippen LogP contribution in [0.2, 0.25) is 0 Å². The van der Waals surface area contributed by atoms with Gasteiger partial charge in [0.15, 0.2) is 0 Å². The molecule has 5 nitrogen and oxygen atoms in total. The van der Waals surface area contributed by atoms with Crippen LogP contribution in [0.15, 0.2) is 0 Å². The fourth-order valence-corrected chi connectivity index (χ4v) is 2.83. The molecule has 0 aliphatic carbocycles. The Morgan fingerprint density at radius 1 is 1.47 bits per heavy atom. The third-order valence-electron chi connectivity index (χ3n) is 3.96. The second kappa shape index (κ2) is 6.19. The molecule has 0 radical (unpaired) electrons. The van der Waals surface area contributed by atoms with Crippen molar-refractivity contribution in [1.82, 2.24) is 15.1 Å². The summed E-state index contributed by atoms with van der Waals surface area (Å²) in [4.78, 5) is 14.5. The Kier molecular flexibility index (Phi) is 4.58. The zero-order valence-electron chi connectivity index (χ0n) is 12.1. The smallest absolute Gasteiger partial charge is 0.238 e.